The summed E-state index contributed by atoms with van der Waals surface area (Å²) in [6, 6.07) is 19.8. The van der Waals surface area contributed by atoms with Gasteiger partial charge in [0.2, 0.25) is 5.91 Å². The summed E-state index contributed by atoms with van der Waals surface area (Å²) >= 11 is 0. The highest BCUT2D eigenvalue weighted by Gasteiger charge is 2.50. The highest BCUT2D eigenvalue weighted by Crippen LogP contribution is 2.43. The Kier molecular flexibility index (Phi) is 4.94. The fraction of sp³-hybridized carbons (Fsp3) is 0.364. The Bertz CT molecular complexity index is 809. The Morgan fingerprint density at radius 1 is 1.07 bits per heavy atom. The van der Waals surface area contributed by atoms with Gasteiger partial charge >= 0.3 is 5.97 Å². The summed E-state index contributed by atoms with van der Waals surface area (Å²) in [5, 5.41) is 0. The van der Waals surface area contributed by atoms with Gasteiger partial charge in [0.25, 0.3) is 0 Å². The van der Waals surface area contributed by atoms with E-state index in [1.54, 1.807) is 0 Å². The van der Waals surface area contributed by atoms with Gasteiger partial charge in [-0.1, -0.05) is 60.7 Å². The Labute approximate surface area is 159 Å². The van der Waals surface area contributed by atoms with E-state index in [4.69, 9.17) is 4.74 Å². The van der Waals surface area contributed by atoms with Crippen LogP contribution in [0.2, 0.25) is 0 Å². The first-order chi connectivity index (χ1) is 13.2. The van der Waals surface area contributed by atoms with Crippen LogP contribution in [0.5, 0.6) is 0 Å². The smallest absolute Gasteiger partial charge is 0.311 e. The molecule has 5 heteroatoms. The molecule has 5 nitrogen and oxygen atoms in total. The molecule has 0 saturated carbocycles. The molecule has 0 bridgehead atoms. The predicted molar refractivity (Wildman–Crippen MR) is 102 cm³/mol. The average molecular weight is 364 g/mol. The summed E-state index contributed by atoms with van der Waals surface area (Å²) in [7, 11) is 1.42. The quantitative estimate of drug-likeness (QED) is 0.783. The number of methoxy groups -OCH3 is 1. The van der Waals surface area contributed by atoms with E-state index in [9.17, 15) is 9.59 Å². The van der Waals surface area contributed by atoms with Gasteiger partial charge < -0.3 is 9.64 Å². The van der Waals surface area contributed by atoms with Crippen molar-refractivity contribution in [1.29, 1.82) is 0 Å². The zero-order chi connectivity index (χ0) is 18.8. The Morgan fingerprint density at radius 2 is 1.74 bits per heavy atom. The van der Waals surface area contributed by atoms with Crippen LogP contribution in [-0.4, -0.2) is 47.9 Å². The number of amides is 1. The molecule has 2 fully saturated rings. The van der Waals surface area contributed by atoms with Crippen LogP contribution < -0.4 is 0 Å². The molecular formula is C22H24N2O3. The third-order valence-electron chi connectivity index (χ3n) is 5.61. The first-order valence-corrected chi connectivity index (χ1v) is 9.37. The van der Waals surface area contributed by atoms with Gasteiger partial charge in [0.1, 0.15) is 0 Å². The normalized spacial score (nSPS) is 25.3. The van der Waals surface area contributed by atoms with Gasteiger partial charge in [-0.05, 0) is 17.5 Å². The lowest BCUT2D eigenvalue weighted by atomic mass is 9.93. The molecule has 0 spiro atoms. The van der Waals surface area contributed by atoms with Crippen LogP contribution in [-0.2, 0) is 20.9 Å². The minimum atomic E-state index is -0.317. The number of carbonyl (C=O) groups is 2. The molecule has 2 aliphatic heterocycles. The highest BCUT2D eigenvalue weighted by molar-refractivity contribution is 5.83. The maximum atomic E-state index is 13.0. The number of rotatable bonds is 4. The molecule has 4 rings (SSSR count). The van der Waals surface area contributed by atoms with E-state index in [2.05, 4.69) is 17.0 Å². The van der Waals surface area contributed by atoms with E-state index in [0.717, 1.165) is 18.7 Å². The summed E-state index contributed by atoms with van der Waals surface area (Å²) in [5.74, 6) is -0.467. The fourth-order valence-corrected chi connectivity index (χ4v) is 4.50. The van der Waals surface area contributed by atoms with Gasteiger partial charge in [-0.15, -0.1) is 0 Å². The Balaban J connectivity index is 1.59. The lowest BCUT2D eigenvalue weighted by molar-refractivity contribution is -0.147. The lowest BCUT2D eigenvalue weighted by Crippen LogP contribution is -2.53. The van der Waals surface area contributed by atoms with Gasteiger partial charge in [-0.2, -0.15) is 0 Å². The predicted octanol–water partition coefficient (Wildman–Crippen LogP) is 2.63. The number of ether oxygens (including phenoxy) is 1. The van der Waals surface area contributed by atoms with E-state index in [1.165, 1.54) is 12.7 Å². The van der Waals surface area contributed by atoms with Crippen LogP contribution >= 0.6 is 0 Å². The fourth-order valence-electron chi connectivity index (χ4n) is 4.50. The Hall–Kier alpha value is -2.66. The molecule has 2 aromatic rings. The molecule has 0 N–H and O–H groups in total. The largest absolute Gasteiger partial charge is 0.469 e. The van der Waals surface area contributed by atoms with Crippen molar-refractivity contribution in [3.05, 3.63) is 71.8 Å². The first kappa shape index (κ1) is 17.7. The second-order valence-electron chi connectivity index (χ2n) is 7.33. The lowest BCUT2D eigenvalue weighted by Gasteiger charge is -2.40. The molecule has 0 radical (unpaired) electrons. The van der Waals surface area contributed by atoms with E-state index in [0.29, 0.717) is 13.0 Å². The minimum Gasteiger partial charge on any atom is -0.469 e. The maximum absolute atomic E-state index is 13.0. The van der Waals surface area contributed by atoms with Crippen molar-refractivity contribution in [2.75, 3.05) is 20.2 Å². The number of piperazine rings is 1. The van der Waals surface area contributed by atoms with E-state index < -0.39 is 0 Å². The summed E-state index contributed by atoms with van der Waals surface area (Å²) in [6.07, 6.45) is 0.642. The van der Waals surface area contributed by atoms with Gasteiger partial charge in [-0.3, -0.25) is 14.5 Å². The monoisotopic (exact) mass is 364 g/mol. The molecule has 1 amide bonds. The summed E-state index contributed by atoms with van der Waals surface area (Å²) in [4.78, 5) is 29.6. The van der Waals surface area contributed by atoms with E-state index in [1.807, 2.05) is 53.4 Å². The molecular weight excluding hydrogens is 340 g/mol. The second-order valence-corrected chi connectivity index (χ2v) is 7.33. The molecule has 2 aliphatic rings. The van der Waals surface area contributed by atoms with Crippen molar-refractivity contribution in [2.45, 2.75) is 25.0 Å². The molecule has 2 heterocycles. The molecule has 0 unspecified atom stereocenters. The van der Waals surface area contributed by atoms with Gasteiger partial charge in [-0.25, -0.2) is 0 Å². The summed E-state index contributed by atoms with van der Waals surface area (Å²) < 4.78 is 5.06. The van der Waals surface area contributed by atoms with Crippen LogP contribution in [0.15, 0.2) is 60.7 Å². The SMILES string of the molecule is COC(=O)[C@H]1C[C@H]2CN(Cc3ccccc3)CC(=O)N2[C@H]1c1ccccc1. The molecule has 0 aromatic heterocycles. The third-order valence-corrected chi connectivity index (χ3v) is 5.61. The van der Waals surface area contributed by atoms with Crippen LogP contribution in [0, 0.1) is 5.92 Å². The number of hydrogen-bond acceptors (Lipinski definition) is 4. The van der Waals surface area contributed by atoms with Crippen molar-refractivity contribution in [3.8, 4) is 0 Å². The van der Waals surface area contributed by atoms with Gasteiger partial charge in [0.15, 0.2) is 0 Å². The van der Waals surface area contributed by atoms with Crippen molar-refractivity contribution in [3.63, 3.8) is 0 Å². The zero-order valence-corrected chi connectivity index (χ0v) is 15.5. The minimum absolute atomic E-state index is 0.0317. The van der Waals surface area contributed by atoms with E-state index >= 15 is 0 Å². The van der Waals surface area contributed by atoms with Crippen molar-refractivity contribution < 1.29 is 14.3 Å². The zero-order valence-electron chi connectivity index (χ0n) is 15.5. The Morgan fingerprint density at radius 3 is 2.41 bits per heavy atom. The number of nitrogens with zero attached hydrogens (tertiary/aromatic N) is 2. The molecule has 27 heavy (non-hydrogen) atoms. The summed E-state index contributed by atoms with van der Waals surface area (Å²) in [5.41, 5.74) is 2.20. The number of benzene rings is 2. The average Bonchev–Trinajstić information content (AvgIpc) is 3.09. The number of hydrogen-bond donors (Lipinski definition) is 0. The van der Waals surface area contributed by atoms with E-state index in [-0.39, 0.29) is 29.9 Å². The number of esters is 1. The second kappa shape index (κ2) is 7.53. The van der Waals surface area contributed by atoms with Crippen LogP contribution in [0.25, 0.3) is 0 Å². The highest BCUT2D eigenvalue weighted by atomic mass is 16.5. The van der Waals surface area contributed by atoms with Crippen LogP contribution in [0.3, 0.4) is 0 Å². The topological polar surface area (TPSA) is 49.9 Å². The van der Waals surface area contributed by atoms with Crippen molar-refractivity contribution in [1.82, 2.24) is 9.80 Å². The maximum Gasteiger partial charge on any atom is 0.311 e. The third kappa shape index (κ3) is 3.47. The molecule has 0 aliphatic carbocycles. The summed E-state index contributed by atoms with van der Waals surface area (Å²) in [6.45, 7) is 1.90. The van der Waals surface area contributed by atoms with Gasteiger partial charge in [0, 0.05) is 19.1 Å². The van der Waals surface area contributed by atoms with Gasteiger partial charge in [0.05, 0.1) is 25.6 Å². The molecule has 2 aromatic carbocycles. The van der Waals surface area contributed by atoms with Crippen molar-refractivity contribution >= 4 is 11.9 Å². The van der Waals surface area contributed by atoms with Crippen LogP contribution in [0.4, 0.5) is 0 Å². The molecule has 3 atom stereocenters. The van der Waals surface area contributed by atoms with Crippen molar-refractivity contribution in [2.24, 2.45) is 5.92 Å². The number of carbonyl (C=O) groups excluding carboxylic acids is 2. The van der Waals surface area contributed by atoms with Crippen LogP contribution in [0.1, 0.15) is 23.6 Å². The molecule has 2 saturated heterocycles. The molecule has 140 valence electrons. The number of fused-ring (bicyclic) bond motifs is 1. The first-order valence-electron chi connectivity index (χ1n) is 9.37. The standard InChI is InChI=1S/C22H24N2O3/c1-27-22(26)19-12-18-14-23(13-16-8-4-2-5-9-16)15-20(25)24(18)21(19)17-10-6-3-7-11-17/h2-11,18-19,21H,12-15H2,1H3/t18-,19-,21-/m0/s1.